The van der Waals surface area contributed by atoms with Crippen molar-refractivity contribution >= 4 is 5.97 Å². The molecule has 0 amide bonds. The maximum Gasteiger partial charge on any atom is 0.347 e. The van der Waals surface area contributed by atoms with Crippen molar-refractivity contribution < 1.29 is 14.3 Å². The minimum atomic E-state index is -1.06. The monoisotopic (exact) mass is 220 g/mol. The third-order valence-corrected chi connectivity index (χ3v) is 2.01. The van der Waals surface area contributed by atoms with Crippen LogP contribution in [0.25, 0.3) is 0 Å². The second kappa shape index (κ2) is 4.01. The molecule has 2 rings (SSSR count). The number of hydrogen-bond donors (Lipinski definition) is 1. The van der Waals surface area contributed by atoms with E-state index < -0.39 is 11.7 Å². The normalized spacial score (nSPS) is 10.2. The Morgan fingerprint density at radius 1 is 1.56 bits per heavy atom. The van der Waals surface area contributed by atoms with Crippen molar-refractivity contribution in [2.45, 2.75) is 6.54 Å². The minimum absolute atomic E-state index is 0.0620. The van der Waals surface area contributed by atoms with Crippen LogP contribution in [0.4, 0.5) is 0 Å². The second-order valence-corrected chi connectivity index (χ2v) is 3.14. The topological polar surface area (TPSA) is 85.3 Å². The Morgan fingerprint density at radius 2 is 2.38 bits per heavy atom. The fraction of sp³-hybridized carbons (Fsp3) is 0.100. The zero-order chi connectivity index (χ0) is 11.5. The van der Waals surface area contributed by atoms with Crippen molar-refractivity contribution in [1.82, 2.24) is 9.55 Å². The minimum Gasteiger partial charge on any atom is -0.478 e. The van der Waals surface area contributed by atoms with Gasteiger partial charge in [0.25, 0.3) is 0 Å². The van der Waals surface area contributed by atoms with Gasteiger partial charge in [-0.25, -0.2) is 14.6 Å². The van der Waals surface area contributed by atoms with E-state index in [4.69, 9.17) is 9.52 Å². The summed E-state index contributed by atoms with van der Waals surface area (Å²) in [5.41, 5.74) is -0.345. The highest BCUT2D eigenvalue weighted by Crippen LogP contribution is 2.08. The number of carbonyl (C=O) groups is 1. The molecule has 0 saturated heterocycles. The summed E-state index contributed by atoms with van der Waals surface area (Å²) >= 11 is 0. The van der Waals surface area contributed by atoms with Crippen molar-refractivity contribution in [1.29, 1.82) is 0 Å². The lowest BCUT2D eigenvalue weighted by atomic mass is 10.3. The number of furan rings is 1. The number of carboxylic acids is 1. The quantitative estimate of drug-likeness (QED) is 0.817. The lowest BCUT2D eigenvalue weighted by Crippen LogP contribution is -2.21. The second-order valence-electron chi connectivity index (χ2n) is 3.14. The smallest absolute Gasteiger partial charge is 0.347 e. The molecule has 0 bridgehead atoms. The van der Waals surface area contributed by atoms with Crippen LogP contribution in [0.2, 0.25) is 0 Å². The predicted octanol–water partition coefficient (Wildman–Crippen LogP) is 0.583. The first-order valence-corrected chi connectivity index (χ1v) is 4.49. The SMILES string of the molecule is O=C(O)c1coc(Cn2cccnc2=O)c1. The molecule has 82 valence electrons. The van der Waals surface area contributed by atoms with E-state index in [0.717, 1.165) is 6.26 Å². The summed E-state index contributed by atoms with van der Waals surface area (Å²) < 4.78 is 6.34. The molecule has 2 aromatic rings. The van der Waals surface area contributed by atoms with Gasteiger partial charge in [-0.15, -0.1) is 0 Å². The number of aromatic carboxylic acids is 1. The molecule has 0 aromatic carbocycles. The number of rotatable bonds is 3. The van der Waals surface area contributed by atoms with Crippen molar-refractivity contribution in [3.05, 3.63) is 52.6 Å². The fourth-order valence-corrected chi connectivity index (χ4v) is 1.25. The summed E-state index contributed by atoms with van der Waals surface area (Å²) in [7, 11) is 0. The van der Waals surface area contributed by atoms with E-state index in [1.807, 2.05) is 0 Å². The van der Waals surface area contributed by atoms with Crippen molar-refractivity contribution in [2.75, 3.05) is 0 Å². The molecule has 0 radical (unpaired) electrons. The van der Waals surface area contributed by atoms with E-state index in [1.165, 1.54) is 16.8 Å². The van der Waals surface area contributed by atoms with E-state index in [-0.39, 0.29) is 12.1 Å². The van der Waals surface area contributed by atoms with Crippen LogP contribution in [0, 0.1) is 0 Å². The molecule has 0 aliphatic carbocycles. The highest BCUT2D eigenvalue weighted by atomic mass is 16.4. The molecule has 6 heteroatoms. The summed E-state index contributed by atoms with van der Waals surface area (Å²) in [4.78, 5) is 25.4. The van der Waals surface area contributed by atoms with Crippen LogP contribution in [-0.2, 0) is 6.54 Å². The van der Waals surface area contributed by atoms with Gasteiger partial charge in [-0.3, -0.25) is 4.57 Å². The summed E-state index contributed by atoms with van der Waals surface area (Å²) in [5.74, 6) is -0.666. The van der Waals surface area contributed by atoms with E-state index in [1.54, 1.807) is 12.3 Å². The van der Waals surface area contributed by atoms with Gasteiger partial charge in [0, 0.05) is 12.4 Å². The number of hydrogen-bond acceptors (Lipinski definition) is 4. The van der Waals surface area contributed by atoms with Gasteiger partial charge in [0.2, 0.25) is 0 Å². The summed E-state index contributed by atoms with van der Waals surface area (Å²) in [6.07, 6.45) is 4.08. The highest BCUT2D eigenvalue weighted by Gasteiger charge is 2.08. The van der Waals surface area contributed by atoms with Crippen LogP contribution < -0.4 is 5.69 Å². The number of carboxylic acid groups (broad SMARTS) is 1. The Hall–Kier alpha value is -2.37. The molecule has 2 heterocycles. The first-order valence-electron chi connectivity index (χ1n) is 4.49. The van der Waals surface area contributed by atoms with E-state index in [0.29, 0.717) is 5.76 Å². The standard InChI is InChI=1S/C10H8N2O4/c13-9(14)7-4-8(16-6-7)5-12-3-1-2-11-10(12)15/h1-4,6H,5H2,(H,13,14). The molecule has 6 nitrogen and oxygen atoms in total. The fourth-order valence-electron chi connectivity index (χ4n) is 1.25. The molecule has 16 heavy (non-hydrogen) atoms. The largest absolute Gasteiger partial charge is 0.478 e. The Morgan fingerprint density at radius 3 is 3.00 bits per heavy atom. The van der Waals surface area contributed by atoms with Gasteiger partial charge >= 0.3 is 11.7 Å². The van der Waals surface area contributed by atoms with E-state index >= 15 is 0 Å². The molecule has 0 unspecified atom stereocenters. The lowest BCUT2D eigenvalue weighted by Gasteiger charge is -1.99. The van der Waals surface area contributed by atoms with Crippen LogP contribution in [0.1, 0.15) is 16.1 Å². The average molecular weight is 220 g/mol. The Balaban J connectivity index is 2.24. The summed E-state index contributed by atoms with van der Waals surface area (Å²) in [5, 5.41) is 8.68. The van der Waals surface area contributed by atoms with Crippen LogP contribution in [0.5, 0.6) is 0 Å². The van der Waals surface area contributed by atoms with Gasteiger partial charge < -0.3 is 9.52 Å². The third-order valence-electron chi connectivity index (χ3n) is 2.01. The summed E-state index contributed by atoms with van der Waals surface area (Å²) in [6, 6.07) is 2.99. The van der Waals surface area contributed by atoms with Crippen molar-refractivity contribution in [2.24, 2.45) is 0 Å². The first kappa shape index (κ1) is 10.2. The number of aromatic nitrogens is 2. The molecule has 0 spiro atoms. The molecule has 0 aliphatic heterocycles. The van der Waals surface area contributed by atoms with E-state index in [2.05, 4.69) is 4.98 Å². The van der Waals surface area contributed by atoms with E-state index in [9.17, 15) is 9.59 Å². The average Bonchev–Trinajstić information content (AvgIpc) is 2.70. The van der Waals surface area contributed by atoms with Crippen LogP contribution in [-0.4, -0.2) is 20.6 Å². The Labute approximate surface area is 89.8 Å². The highest BCUT2D eigenvalue weighted by molar-refractivity contribution is 5.87. The molecule has 0 atom stereocenters. The zero-order valence-electron chi connectivity index (χ0n) is 8.16. The zero-order valence-corrected chi connectivity index (χ0v) is 8.16. The van der Waals surface area contributed by atoms with Gasteiger partial charge in [0.15, 0.2) is 0 Å². The molecule has 0 fully saturated rings. The van der Waals surface area contributed by atoms with Crippen molar-refractivity contribution in [3.8, 4) is 0 Å². The van der Waals surface area contributed by atoms with Gasteiger partial charge in [0.05, 0.1) is 12.1 Å². The molecule has 1 N–H and O–H groups in total. The van der Waals surface area contributed by atoms with Crippen LogP contribution >= 0.6 is 0 Å². The molecule has 2 aromatic heterocycles. The molecular weight excluding hydrogens is 212 g/mol. The maximum absolute atomic E-state index is 11.3. The first-order chi connectivity index (χ1) is 7.66. The molecular formula is C10H8N2O4. The Bertz CT molecular complexity index is 570. The van der Waals surface area contributed by atoms with Crippen LogP contribution in [0.3, 0.4) is 0 Å². The maximum atomic E-state index is 11.3. The Kier molecular flexibility index (Phi) is 2.55. The predicted molar refractivity (Wildman–Crippen MR) is 53.3 cm³/mol. The summed E-state index contributed by atoms with van der Waals surface area (Å²) in [6.45, 7) is 0.167. The number of nitrogens with zero attached hydrogens (tertiary/aromatic N) is 2. The van der Waals surface area contributed by atoms with Gasteiger partial charge in [0.1, 0.15) is 12.0 Å². The van der Waals surface area contributed by atoms with Crippen LogP contribution in [0.15, 0.2) is 40.0 Å². The molecule has 0 saturated carbocycles. The van der Waals surface area contributed by atoms with Crippen molar-refractivity contribution in [3.63, 3.8) is 0 Å². The van der Waals surface area contributed by atoms with Gasteiger partial charge in [-0.2, -0.15) is 0 Å². The van der Waals surface area contributed by atoms with Gasteiger partial charge in [-0.05, 0) is 12.1 Å². The lowest BCUT2D eigenvalue weighted by molar-refractivity contribution is 0.0696. The third kappa shape index (κ3) is 2.00. The molecule has 0 aliphatic rings. The van der Waals surface area contributed by atoms with Gasteiger partial charge in [-0.1, -0.05) is 0 Å².